The minimum absolute atomic E-state index is 0.0970. The molecular weight excluding hydrogens is 400 g/mol. The van der Waals surface area contributed by atoms with Crippen molar-refractivity contribution in [3.05, 3.63) is 57.1 Å². The number of hydrogen-bond acceptors (Lipinski definition) is 3. The van der Waals surface area contributed by atoms with Crippen LogP contribution in [0.1, 0.15) is 24.2 Å². The third-order valence-electron chi connectivity index (χ3n) is 2.99. The van der Waals surface area contributed by atoms with Crippen molar-refractivity contribution in [2.24, 2.45) is 5.73 Å². The SMILES string of the molecule is CCC(N)C(Sc1ccc(Br)cn1)c1cccc(Br)c1. The van der Waals surface area contributed by atoms with E-state index in [0.717, 1.165) is 20.4 Å². The van der Waals surface area contributed by atoms with E-state index >= 15 is 0 Å². The van der Waals surface area contributed by atoms with Gasteiger partial charge < -0.3 is 5.73 Å². The van der Waals surface area contributed by atoms with Gasteiger partial charge in [0.05, 0.1) is 10.3 Å². The predicted molar refractivity (Wildman–Crippen MR) is 92.9 cm³/mol. The summed E-state index contributed by atoms with van der Waals surface area (Å²) in [6.45, 7) is 2.12. The lowest BCUT2D eigenvalue weighted by Crippen LogP contribution is -2.25. The molecular formula is C15H16Br2N2S. The molecule has 0 aliphatic rings. The van der Waals surface area contributed by atoms with E-state index in [1.807, 2.05) is 30.5 Å². The summed E-state index contributed by atoms with van der Waals surface area (Å²) >= 11 is 8.64. The van der Waals surface area contributed by atoms with Crippen molar-refractivity contribution >= 4 is 43.6 Å². The van der Waals surface area contributed by atoms with Crippen molar-refractivity contribution in [2.45, 2.75) is 29.7 Å². The van der Waals surface area contributed by atoms with E-state index in [1.54, 1.807) is 11.8 Å². The summed E-state index contributed by atoms with van der Waals surface area (Å²) in [7, 11) is 0. The normalized spacial score (nSPS) is 14.0. The van der Waals surface area contributed by atoms with Crippen molar-refractivity contribution in [3.8, 4) is 0 Å². The van der Waals surface area contributed by atoms with Crippen LogP contribution in [0.5, 0.6) is 0 Å². The van der Waals surface area contributed by atoms with Gasteiger partial charge in [-0.15, -0.1) is 0 Å². The van der Waals surface area contributed by atoms with Gasteiger partial charge in [-0.2, -0.15) is 0 Å². The molecule has 5 heteroatoms. The largest absolute Gasteiger partial charge is 0.326 e. The van der Waals surface area contributed by atoms with Crippen molar-refractivity contribution in [2.75, 3.05) is 0 Å². The van der Waals surface area contributed by atoms with Gasteiger partial charge in [-0.25, -0.2) is 4.98 Å². The molecule has 0 amide bonds. The second-order valence-corrected chi connectivity index (χ2v) is 7.47. The summed E-state index contributed by atoms with van der Waals surface area (Å²) in [5.41, 5.74) is 7.53. The average Bonchev–Trinajstić information content (AvgIpc) is 2.46. The zero-order valence-electron chi connectivity index (χ0n) is 11.1. The van der Waals surface area contributed by atoms with E-state index in [9.17, 15) is 0 Å². The molecule has 0 aliphatic carbocycles. The van der Waals surface area contributed by atoms with Crippen LogP contribution >= 0.6 is 43.6 Å². The van der Waals surface area contributed by atoms with Gasteiger partial charge in [-0.05, 0) is 52.2 Å². The molecule has 1 aromatic heterocycles. The second kappa shape index (κ2) is 7.59. The molecule has 0 fully saturated rings. The van der Waals surface area contributed by atoms with E-state index in [2.05, 4.69) is 55.9 Å². The third-order valence-corrected chi connectivity index (χ3v) is 5.31. The first-order valence-electron chi connectivity index (χ1n) is 6.39. The minimum Gasteiger partial charge on any atom is -0.326 e. The Morgan fingerprint density at radius 3 is 2.60 bits per heavy atom. The van der Waals surface area contributed by atoms with E-state index in [-0.39, 0.29) is 11.3 Å². The minimum atomic E-state index is 0.0970. The zero-order chi connectivity index (χ0) is 14.5. The lowest BCUT2D eigenvalue weighted by molar-refractivity contribution is 0.633. The molecule has 106 valence electrons. The summed E-state index contributed by atoms with van der Waals surface area (Å²) in [6.07, 6.45) is 2.75. The molecule has 0 bridgehead atoms. The molecule has 2 aromatic rings. The Bertz CT molecular complexity index is 560. The Labute approximate surface area is 140 Å². The highest BCUT2D eigenvalue weighted by atomic mass is 79.9. The van der Waals surface area contributed by atoms with Crippen LogP contribution in [0.3, 0.4) is 0 Å². The molecule has 2 nitrogen and oxygen atoms in total. The number of hydrogen-bond donors (Lipinski definition) is 1. The van der Waals surface area contributed by atoms with Crippen LogP contribution in [0.2, 0.25) is 0 Å². The molecule has 2 unspecified atom stereocenters. The Balaban J connectivity index is 2.26. The molecule has 0 radical (unpaired) electrons. The zero-order valence-corrected chi connectivity index (χ0v) is 15.1. The summed E-state index contributed by atoms with van der Waals surface area (Å²) in [5.74, 6) is 0. The van der Waals surface area contributed by atoms with Crippen LogP contribution in [0.15, 0.2) is 56.6 Å². The van der Waals surface area contributed by atoms with E-state index < -0.39 is 0 Å². The van der Waals surface area contributed by atoms with Gasteiger partial charge in [0.15, 0.2) is 0 Å². The number of pyridine rings is 1. The number of nitrogens with two attached hydrogens (primary N) is 1. The first-order valence-corrected chi connectivity index (χ1v) is 8.86. The maximum absolute atomic E-state index is 6.30. The monoisotopic (exact) mass is 414 g/mol. The highest BCUT2D eigenvalue weighted by Gasteiger charge is 2.20. The Morgan fingerprint density at radius 1 is 1.20 bits per heavy atom. The third kappa shape index (κ3) is 4.32. The van der Waals surface area contributed by atoms with Crippen LogP contribution in [0, 0.1) is 0 Å². The van der Waals surface area contributed by atoms with E-state index in [1.165, 1.54) is 5.56 Å². The first-order chi connectivity index (χ1) is 9.60. The van der Waals surface area contributed by atoms with Crippen LogP contribution in [-0.2, 0) is 0 Å². The maximum Gasteiger partial charge on any atom is 0.0967 e. The average molecular weight is 416 g/mol. The molecule has 1 aromatic carbocycles. The van der Waals surface area contributed by atoms with Gasteiger partial charge in [0.25, 0.3) is 0 Å². The van der Waals surface area contributed by atoms with Crippen LogP contribution in [-0.4, -0.2) is 11.0 Å². The van der Waals surface area contributed by atoms with Gasteiger partial charge in [0, 0.05) is 21.2 Å². The molecule has 2 rings (SSSR count). The fourth-order valence-corrected chi connectivity index (χ4v) is 3.68. The molecule has 20 heavy (non-hydrogen) atoms. The van der Waals surface area contributed by atoms with Crippen molar-refractivity contribution in [3.63, 3.8) is 0 Å². The molecule has 1 heterocycles. The van der Waals surface area contributed by atoms with Crippen LogP contribution in [0.25, 0.3) is 0 Å². The maximum atomic E-state index is 6.30. The summed E-state index contributed by atoms with van der Waals surface area (Å²) in [4.78, 5) is 4.43. The van der Waals surface area contributed by atoms with E-state index in [4.69, 9.17) is 5.73 Å². The Hall–Kier alpha value is -0.360. The van der Waals surface area contributed by atoms with Gasteiger partial charge in [-0.3, -0.25) is 0 Å². The predicted octanol–water partition coefficient (Wildman–Crippen LogP) is 5.18. The number of rotatable bonds is 5. The number of nitrogens with zero attached hydrogens (tertiary/aromatic N) is 1. The molecule has 2 N–H and O–H groups in total. The number of benzene rings is 1. The van der Waals surface area contributed by atoms with Gasteiger partial charge >= 0.3 is 0 Å². The quantitative estimate of drug-likeness (QED) is 0.684. The molecule has 0 saturated carbocycles. The van der Waals surface area contributed by atoms with Crippen LogP contribution < -0.4 is 5.73 Å². The Kier molecular flexibility index (Phi) is 6.08. The molecule has 2 atom stereocenters. The summed E-state index contributed by atoms with van der Waals surface area (Å²) < 4.78 is 2.06. The fourth-order valence-electron chi connectivity index (χ4n) is 1.86. The fraction of sp³-hybridized carbons (Fsp3) is 0.267. The van der Waals surface area contributed by atoms with Gasteiger partial charge in [0.2, 0.25) is 0 Å². The number of thioether (sulfide) groups is 1. The van der Waals surface area contributed by atoms with Gasteiger partial charge in [-0.1, -0.05) is 46.7 Å². The molecule has 0 spiro atoms. The van der Waals surface area contributed by atoms with E-state index in [0.29, 0.717) is 0 Å². The van der Waals surface area contributed by atoms with Crippen LogP contribution in [0.4, 0.5) is 0 Å². The smallest absolute Gasteiger partial charge is 0.0967 e. The highest BCUT2D eigenvalue weighted by molar-refractivity contribution is 9.10. The van der Waals surface area contributed by atoms with Gasteiger partial charge in [0.1, 0.15) is 0 Å². The summed E-state index contributed by atoms with van der Waals surface area (Å²) in [5, 5.41) is 1.19. The Morgan fingerprint density at radius 2 is 2.00 bits per heavy atom. The first kappa shape index (κ1) is 16.0. The molecule has 0 aliphatic heterocycles. The highest BCUT2D eigenvalue weighted by Crippen LogP contribution is 2.38. The second-order valence-electron chi connectivity index (χ2n) is 4.48. The summed E-state index contributed by atoms with van der Waals surface area (Å²) in [6, 6.07) is 12.4. The standard InChI is InChI=1S/C15H16Br2N2S/c1-2-13(18)15(10-4-3-5-11(16)8-10)20-14-7-6-12(17)9-19-14/h3-9,13,15H,2,18H2,1H3. The van der Waals surface area contributed by atoms with Crippen molar-refractivity contribution in [1.29, 1.82) is 0 Å². The topological polar surface area (TPSA) is 38.9 Å². The molecule has 0 saturated heterocycles. The number of halogens is 2. The lowest BCUT2D eigenvalue weighted by Gasteiger charge is -2.22. The van der Waals surface area contributed by atoms with Crippen molar-refractivity contribution in [1.82, 2.24) is 4.98 Å². The van der Waals surface area contributed by atoms with Crippen molar-refractivity contribution < 1.29 is 0 Å². The lowest BCUT2D eigenvalue weighted by atomic mass is 10.0. The number of aromatic nitrogens is 1.